The van der Waals surface area contributed by atoms with Gasteiger partial charge in [-0.2, -0.15) is 8.78 Å². The summed E-state index contributed by atoms with van der Waals surface area (Å²) in [6.45, 7) is 4.55. The molecule has 2 saturated heterocycles. The number of rotatable bonds is 5. The van der Waals surface area contributed by atoms with E-state index in [1.807, 2.05) is 17.0 Å². The first-order valence-electron chi connectivity index (χ1n) is 8.67. The maximum Gasteiger partial charge on any atom is 0.288 e. The second kappa shape index (κ2) is 8.30. The van der Waals surface area contributed by atoms with Gasteiger partial charge in [-0.15, -0.1) is 0 Å². The van der Waals surface area contributed by atoms with E-state index in [2.05, 4.69) is 4.90 Å². The summed E-state index contributed by atoms with van der Waals surface area (Å²) in [5.41, 5.74) is 1.14. The van der Waals surface area contributed by atoms with Gasteiger partial charge in [0.2, 0.25) is 5.91 Å². The number of amides is 1. The van der Waals surface area contributed by atoms with Crippen LogP contribution in [0.2, 0.25) is 0 Å². The van der Waals surface area contributed by atoms with Crippen molar-refractivity contribution in [3.05, 3.63) is 29.8 Å². The molecule has 1 aromatic carbocycles. The van der Waals surface area contributed by atoms with Crippen molar-refractivity contribution < 1.29 is 13.6 Å². The van der Waals surface area contributed by atoms with Gasteiger partial charge in [-0.3, -0.25) is 9.69 Å². The van der Waals surface area contributed by atoms with Gasteiger partial charge < -0.3 is 4.90 Å². The number of hydrogen-bond donors (Lipinski definition) is 0. The maximum absolute atomic E-state index is 12.4. The van der Waals surface area contributed by atoms with Crippen molar-refractivity contribution in [1.82, 2.24) is 9.80 Å². The van der Waals surface area contributed by atoms with Gasteiger partial charge >= 0.3 is 0 Å². The highest BCUT2D eigenvalue weighted by Gasteiger charge is 2.29. The van der Waals surface area contributed by atoms with Gasteiger partial charge in [0.15, 0.2) is 0 Å². The molecule has 0 aliphatic carbocycles. The number of nitrogens with zero attached hydrogens (tertiary/aromatic N) is 2. The van der Waals surface area contributed by atoms with Gasteiger partial charge in [0, 0.05) is 30.4 Å². The lowest BCUT2D eigenvalue weighted by Gasteiger charge is -2.33. The standard InChI is InChI=1S/C18H24F2N2OS/c19-18(20)24-16-5-3-14(4-6-16)13-21-11-7-15(8-12-21)17(23)22-9-1-2-10-22/h3-6,15,18H,1-2,7-13H2. The Hall–Kier alpha value is -1.14. The largest absolute Gasteiger partial charge is 0.342 e. The molecular formula is C18H24F2N2OS. The van der Waals surface area contributed by atoms with E-state index in [-0.39, 0.29) is 5.92 Å². The lowest BCUT2D eigenvalue weighted by Crippen LogP contribution is -2.41. The monoisotopic (exact) mass is 354 g/mol. The molecule has 0 unspecified atom stereocenters. The highest BCUT2D eigenvalue weighted by Crippen LogP contribution is 2.26. The number of likely N-dealkylation sites (tertiary alicyclic amines) is 2. The van der Waals surface area contributed by atoms with Crippen molar-refractivity contribution in [2.75, 3.05) is 26.2 Å². The fourth-order valence-electron chi connectivity index (χ4n) is 3.57. The lowest BCUT2D eigenvalue weighted by atomic mass is 9.95. The average molecular weight is 354 g/mol. The van der Waals surface area contributed by atoms with Gasteiger partial charge in [0.1, 0.15) is 0 Å². The quantitative estimate of drug-likeness (QED) is 0.751. The molecule has 2 fully saturated rings. The molecule has 24 heavy (non-hydrogen) atoms. The Balaban J connectivity index is 1.45. The maximum atomic E-state index is 12.4. The van der Waals surface area contributed by atoms with Gasteiger partial charge in [0.25, 0.3) is 5.76 Å². The molecule has 3 nitrogen and oxygen atoms in total. The highest BCUT2D eigenvalue weighted by molar-refractivity contribution is 7.99. The fraction of sp³-hybridized carbons (Fsp3) is 0.611. The van der Waals surface area contributed by atoms with Crippen LogP contribution in [0.25, 0.3) is 0 Å². The van der Waals surface area contributed by atoms with Crippen LogP contribution in [-0.4, -0.2) is 47.6 Å². The molecule has 3 rings (SSSR count). The van der Waals surface area contributed by atoms with Crippen LogP contribution in [0.15, 0.2) is 29.2 Å². The summed E-state index contributed by atoms with van der Waals surface area (Å²) in [6.07, 6.45) is 4.14. The third kappa shape index (κ3) is 4.70. The van der Waals surface area contributed by atoms with Gasteiger partial charge in [-0.25, -0.2) is 0 Å². The summed E-state index contributed by atoms with van der Waals surface area (Å²) < 4.78 is 24.7. The zero-order valence-electron chi connectivity index (χ0n) is 13.8. The number of carbonyl (C=O) groups is 1. The third-order valence-corrected chi connectivity index (χ3v) is 5.63. The number of carbonyl (C=O) groups excluding carboxylic acids is 1. The Labute approximate surface area is 146 Å². The van der Waals surface area contributed by atoms with Gasteiger partial charge in [-0.1, -0.05) is 23.9 Å². The molecule has 0 N–H and O–H groups in total. The molecule has 0 aromatic heterocycles. The molecule has 0 atom stereocenters. The Morgan fingerprint density at radius 3 is 2.29 bits per heavy atom. The van der Waals surface area contributed by atoms with Crippen molar-refractivity contribution >= 4 is 17.7 Å². The predicted molar refractivity (Wildman–Crippen MR) is 92.1 cm³/mol. The van der Waals surface area contributed by atoms with Crippen LogP contribution < -0.4 is 0 Å². The predicted octanol–water partition coefficient (Wildman–Crippen LogP) is 3.84. The summed E-state index contributed by atoms with van der Waals surface area (Å²) in [5, 5.41) is 0. The molecule has 0 bridgehead atoms. The van der Waals surface area contributed by atoms with Crippen molar-refractivity contribution in [2.24, 2.45) is 5.92 Å². The highest BCUT2D eigenvalue weighted by atomic mass is 32.2. The van der Waals surface area contributed by atoms with E-state index in [0.29, 0.717) is 22.6 Å². The summed E-state index contributed by atoms with van der Waals surface area (Å²) in [5.74, 6) is -1.84. The van der Waals surface area contributed by atoms with Gasteiger partial charge in [-0.05, 0) is 56.5 Å². The second-order valence-corrected chi connectivity index (χ2v) is 7.67. The summed E-state index contributed by atoms with van der Waals surface area (Å²) in [4.78, 5) is 17.4. The molecule has 0 spiro atoms. The van der Waals surface area contributed by atoms with Crippen molar-refractivity contribution in [1.29, 1.82) is 0 Å². The third-order valence-electron chi connectivity index (χ3n) is 4.91. The molecule has 132 valence electrons. The second-order valence-electron chi connectivity index (χ2n) is 6.61. The molecule has 1 amide bonds. The number of halogens is 2. The number of benzene rings is 1. The molecule has 2 heterocycles. The zero-order valence-corrected chi connectivity index (χ0v) is 14.6. The first-order valence-corrected chi connectivity index (χ1v) is 9.54. The van der Waals surface area contributed by atoms with E-state index in [0.717, 1.165) is 64.0 Å². The minimum absolute atomic E-state index is 0.184. The van der Waals surface area contributed by atoms with Crippen LogP contribution >= 0.6 is 11.8 Å². The molecular weight excluding hydrogens is 330 g/mol. The van der Waals surface area contributed by atoms with Crippen molar-refractivity contribution in [3.8, 4) is 0 Å². The van der Waals surface area contributed by atoms with Crippen LogP contribution in [0.5, 0.6) is 0 Å². The molecule has 2 aliphatic heterocycles. The summed E-state index contributed by atoms with van der Waals surface area (Å²) in [7, 11) is 0. The summed E-state index contributed by atoms with van der Waals surface area (Å²) in [6, 6.07) is 7.37. The molecule has 6 heteroatoms. The number of hydrogen-bond acceptors (Lipinski definition) is 3. The molecule has 2 aliphatic rings. The minimum Gasteiger partial charge on any atom is -0.342 e. The lowest BCUT2D eigenvalue weighted by molar-refractivity contribution is -0.136. The normalized spacial score (nSPS) is 20.0. The first-order chi connectivity index (χ1) is 11.6. The fourth-order valence-corrected chi connectivity index (χ4v) is 4.07. The van der Waals surface area contributed by atoms with Crippen LogP contribution in [0.4, 0.5) is 8.78 Å². The Morgan fingerprint density at radius 1 is 1.08 bits per heavy atom. The average Bonchev–Trinajstić information content (AvgIpc) is 3.11. The topological polar surface area (TPSA) is 23.6 Å². The zero-order chi connectivity index (χ0) is 16.9. The van der Waals surface area contributed by atoms with Crippen LogP contribution in [0, 0.1) is 5.92 Å². The Morgan fingerprint density at radius 2 is 1.71 bits per heavy atom. The smallest absolute Gasteiger partial charge is 0.288 e. The van der Waals surface area contributed by atoms with E-state index in [9.17, 15) is 13.6 Å². The van der Waals surface area contributed by atoms with Crippen LogP contribution in [-0.2, 0) is 11.3 Å². The first kappa shape index (κ1) is 17.7. The SMILES string of the molecule is O=C(C1CCN(Cc2ccc(SC(F)F)cc2)CC1)N1CCCC1. The van der Waals surface area contributed by atoms with E-state index in [4.69, 9.17) is 0 Å². The van der Waals surface area contributed by atoms with E-state index < -0.39 is 5.76 Å². The number of thioether (sulfide) groups is 1. The summed E-state index contributed by atoms with van der Waals surface area (Å²) >= 11 is 0.580. The van der Waals surface area contributed by atoms with E-state index >= 15 is 0 Å². The van der Waals surface area contributed by atoms with Crippen molar-refractivity contribution in [3.63, 3.8) is 0 Å². The van der Waals surface area contributed by atoms with Gasteiger partial charge in [0.05, 0.1) is 0 Å². The van der Waals surface area contributed by atoms with E-state index in [1.54, 1.807) is 12.1 Å². The van der Waals surface area contributed by atoms with E-state index in [1.165, 1.54) is 0 Å². The number of piperidine rings is 1. The Kier molecular flexibility index (Phi) is 6.11. The van der Waals surface area contributed by atoms with Crippen LogP contribution in [0.1, 0.15) is 31.2 Å². The molecule has 1 aromatic rings. The molecule has 0 radical (unpaired) electrons. The van der Waals surface area contributed by atoms with Crippen molar-refractivity contribution in [2.45, 2.75) is 42.9 Å². The number of alkyl halides is 2. The minimum atomic E-state index is -2.37. The molecule has 0 saturated carbocycles. The van der Waals surface area contributed by atoms with Crippen LogP contribution in [0.3, 0.4) is 0 Å². The Bertz CT molecular complexity index is 538.